The Kier molecular flexibility index (Phi) is 15.8. The molecule has 1 rings (SSSR count). The number of benzene rings is 1. The van der Waals surface area contributed by atoms with Crippen molar-refractivity contribution < 1.29 is 0 Å². The summed E-state index contributed by atoms with van der Waals surface area (Å²) in [5, 5.41) is 0. The molecule has 0 radical (unpaired) electrons. The van der Waals surface area contributed by atoms with E-state index in [1.807, 2.05) is 0 Å². The molecule has 0 saturated heterocycles. The zero-order valence-corrected chi connectivity index (χ0v) is 33.1. The smallest absolute Gasteiger partial charge is 0.0476 e. The Hall–Kier alpha value is -0.129. The molecule has 0 spiro atoms. The molecule has 0 saturated carbocycles. The molecule has 0 aliphatic rings. The van der Waals surface area contributed by atoms with Crippen LogP contribution in [-0.2, 0) is 5.41 Å². The van der Waals surface area contributed by atoms with Crippen LogP contribution in [0.2, 0.25) is 75.5 Å². The lowest BCUT2D eigenvalue weighted by Gasteiger charge is -2.38. The quantitative estimate of drug-likeness (QED) is 0.130. The van der Waals surface area contributed by atoms with Crippen molar-refractivity contribution in [3.63, 3.8) is 0 Å². The van der Waals surface area contributed by atoms with Gasteiger partial charge in [-0.25, -0.2) is 0 Å². The van der Waals surface area contributed by atoms with E-state index in [1.54, 1.807) is 5.56 Å². The Labute approximate surface area is 257 Å². The van der Waals surface area contributed by atoms with Crippen LogP contribution in [0.1, 0.15) is 111 Å². The van der Waals surface area contributed by atoms with Crippen LogP contribution in [0.5, 0.6) is 0 Å². The van der Waals surface area contributed by atoms with Crippen LogP contribution in [0.3, 0.4) is 0 Å². The van der Waals surface area contributed by atoms with Crippen molar-refractivity contribution in [3.05, 3.63) is 35.4 Å². The Morgan fingerprint density at radius 1 is 0.500 bits per heavy atom. The zero-order chi connectivity index (χ0) is 30.8. The molecule has 3 heteroatoms. The van der Waals surface area contributed by atoms with Gasteiger partial charge in [-0.3, -0.25) is 0 Å². The van der Waals surface area contributed by atoms with Gasteiger partial charge in [-0.15, -0.1) is 0 Å². The van der Waals surface area contributed by atoms with Gasteiger partial charge >= 0.3 is 0 Å². The fourth-order valence-electron chi connectivity index (χ4n) is 8.37. The van der Waals surface area contributed by atoms with E-state index >= 15 is 0 Å². The fourth-order valence-corrected chi connectivity index (χ4v) is 19.0. The Morgan fingerprint density at radius 3 is 1.05 bits per heavy atom. The molecule has 0 aromatic heterocycles. The summed E-state index contributed by atoms with van der Waals surface area (Å²) in [5.74, 6) is 3.14. The minimum absolute atomic E-state index is 0.364. The Morgan fingerprint density at radius 2 is 0.800 bits per heavy atom. The highest BCUT2D eigenvalue weighted by atomic mass is 28.3. The molecule has 234 valence electrons. The molecule has 0 N–H and O–H groups in total. The van der Waals surface area contributed by atoms with Crippen LogP contribution in [0.25, 0.3) is 0 Å². The minimum atomic E-state index is -1.14. The minimum Gasteiger partial charge on any atom is -0.0693 e. The van der Waals surface area contributed by atoms with Crippen molar-refractivity contribution in [2.45, 2.75) is 181 Å². The summed E-state index contributed by atoms with van der Waals surface area (Å²) in [6.45, 7) is 35.2. The molecular weight excluding hydrogens is 529 g/mol. The average molecular weight is 603 g/mol. The van der Waals surface area contributed by atoms with Crippen LogP contribution in [0, 0.1) is 17.8 Å². The molecule has 0 heterocycles. The zero-order valence-electron chi connectivity index (χ0n) is 30.1. The number of rotatable bonds is 20. The van der Waals surface area contributed by atoms with E-state index in [4.69, 9.17) is 0 Å². The lowest BCUT2D eigenvalue weighted by Crippen LogP contribution is -2.33. The Balaban J connectivity index is 3.32. The van der Waals surface area contributed by atoms with Gasteiger partial charge in [0.2, 0.25) is 0 Å². The van der Waals surface area contributed by atoms with E-state index in [-0.39, 0.29) is 0 Å². The van der Waals surface area contributed by atoms with E-state index in [1.165, 1.54) is 80.4 Å². The van der Waals surface area contributed by atoms with Crippen molar-refractivity contribution in [2.24, 2.45) is 17.8 Å². The van der Waals surface area contributed by atoms with Crippen molar-refractivity contribution in [1.29, 1.82) is 0 Å². The van der Waals surface area contributed by atoms with Crippen molar-refractivity contribution in [2.75, 3.05) is 0 Å². The van der Waals surface area contributed by atoms with E-state index in [0.29, 0.717) is 11.3 Å². The second-order valence-electron chi connectivity index (χ2n) is 17.9. The van der Waals surface area contributed by atoms with Gasteiger partial charge in [0, 0.05) is 24.2 Å². The van der Waals surface area contributed by atoms with Gasteiger partial charge in [-0.2, -0.15) is 0 Å². The van der Waals surface area contributed by atoms with Crippen molar-refractivity contribution in [1.82, 2.24) is 0 Å². The van der Waals surface area contributed by atoms with E-state index < -0.39 is 24.2 Å². The van der Waals surface area contributed by atoms with Crippen LogP contribution < -0.4 is 0 Å². The molecule has 0 nitrogen and oxygen atoms in total. The normalized spacial score (nSPS) is 13.8. The predicted molar refractivity (Wildman–Crippen MR) is 196 cm³/mol. The summed E-state index contributed by atoms with van der Waals surface area (Å²) in [6, 6.07) is 19.0. The van der Waals surface area contributed by atoms with Crippen molar-refractivity contribution in [3.8, 4) is 0 Å². The highest BCUT2D eigenvalue weighted by Gasteiger charge is 2.35. The van der Waals surface area contributed by atoms with Gasteiger partial charge in [0.1, 0.15) is 0 Å². The Bertz CT molecular complexity index is 745. The average Bonchev–Trinajstić information content (AvgIpc) is 2.75. The first-order valence-electron chi connectivity index (χ1n) is 17.4. The van der Waals surface area contributed by atoms with Gasteiger partial charge in [-0.05, 0) is 59.5 Å². The maximum Gasteiger partial charge on any atom is 0.0476 e. The largest absolute Gasteiger partial charge is 0.0693 e. The maximum atomic E-state index is 2.66. The number of hydrogen-bond donors (Lipinski definition) is 0. The standard InChI is InChI=1S/C37H74Si3/c1-31(2)28-38(9,10)25-15-22-37(23-16-26-39(11,12)29-32(3)4,24-17-27-40(13,14)30-33(5)6)36-20-18-35(19-21-36)34(7)8/h18-21,31-34H,15-17,22-30H2,1-14H3. The van der Waals surface area contributed by atoms with Gasteiger partial charge < -0.3 is 0 Å². The summed E-state index contributed by atoms with van der Waals surface area (Å²) in [7, 11) is -3.41. The highest BCUT2D eigenvalue weighted by Crippen LogP contribution is 2.43. The summed E-state index contributed by atoms with van der Waals surface area (Å²) < 4.78 is 0. The monoisotopic (exact) mass is 603 g/mol. The van der Waals surface area contributed by atoms with Crippen LogP contribution in [0.15, 0.2) is 24.3 Å². The lowest BCUT2D eigenvalue weighted by atomic mass is 9.70. The summed E-state index contributed by atoms with van der Waals surface area (Å²) >= 11 is 0. The second kappa shape index (κ2) is 16.6. The second-order valence-corrected chi connectivity index (χ2v) is 33.6. The molecule has 0 fully saturated rings. The summed E-state index contributed by atoms with van der Waals surface area (Å²) in [4.78, 5) is 0. The van der Waals surface area contributed by atoms with Crippen LogP contribution in [-0.4, -0.2) is 24.2 Å². The highest BCUT2D eigenvalue weighted by molar-refractivity contribution is 6.78. The van der Waals surface area contributed by atoms with Gasteiger partial charge in [0.25, 0.3) is 0 Å². The molecule has 0 aliphatic heterocycles. The fraction of sp³-hybridized carbons (Fsp3) is 0.838. The third kappa shape index (κ3) is 14.9. The first kappa shape index (κ1) is 37.9. The third-order valence-corrected chi connectivity index (χ3v) is 20.5. The molecule has 0 amide bonds. The molecule has 40 heavy (non-hydrogen) atoms. The molecule has 0 atom stereocenters. The van der Waals surface area contributed by atoms with E-state index in [9.17, 15) is 0 Å². The van der Waals surface area contributed by atoms with Gasteiger partial charge in [0.05, 0.1) is 0 Å². The predicted octanol–water partition coefficient (Wildman–Crippen LogP) is 13.5. The van der Waals surface area contributed by atoms with Crippen LogP contribution >= 0.6 is 0 Å². The topological polar surface area (TPSA) is 0 Å². The van der Waals surface area contributed by atoms with Crippen molar-refractivity contribution >= 4 is 24.2 Å². The molecule has 0 aliphatic carbocycles. The van der Waals surface area contributed by atoms with Gasteiger partial charge in [0.15, 0.2) is 0 Å². The molecule has 0 bridgehead atoms. The van der Waals surface area contributed by atoms with E-state index in [2.05, 4.69) is 119 Å². The SMILES string of the molecule is CC(C)C[Si](C)(C)CCCC(CCC[Si](C)(C)CC(C)C)(CCC[Si](C)(C)CC(C)C)c1ccc(C(C)C)cc1. The molecule has 1 aromatic carbocycles. The first-order valence-corrected chi connectivity index (χ1v) is 27.6. The lowest BCUT2D eigenvalue weighted by molar-refractivity contribution is 0.325. The summed E-state index contributed by atoms with van der Waals surface area (Å²) in [5.41, 5.74) is 3.54. The molecular formula is C37H74Si3. The third-order valence-electron chi connectivity index (χ3n) is 9.60. The maximum absolute atomic E-state index is 2.66. The molecule has 1 aromatic rings. The first-order chi connectivity index (χ1) is 18.3. The summed E-state index contributed by atoms with van der Waals surface area (Å²) in [6.07, 6.45) is 8.50. The van der Waals surface area contributed by atoms with Crippen LogP contribution in [0.4, 0.5) is 0 Å². The van der Waals surface area contributed by atoms with E-state index in [0.717, 1.165) is 17.8 Å². The van der Waals surface area contributed by atoms with Gasteiger partial charge in [-0.1, -0.05) is 174 Å². The number of hydrogen-bond acceptors (Lipinski definition) is 0. The molecule has 0 unspecified atom stereocenters.